The molecule has 0 unspecified atom stereocenters. The van der Waals surface area contributed by atoms with Gasteiger partial charge in [-0.05, 0) is 23.8 Å². The van der Waals surface area contributed by atoms with Crippen LogP contribution in [0.4, 0.5) is 0 Å². The van der Waals surface area contributed by atoms with Gasteiger partial charge in [0.1, 0.15) is 5.76 Å². The summed E-state index contributed by atoms with van der Waals surface area (Å²) in [7, 11) is 0. The van der Waals surface area contributed by atoms with Gasteiger partial charge in [0, 0.05) is 0 Å². The van der Waals surface area contributed by atoms with Crippen LogP contribution in [-0.4, -0.2) is 5.11 Å². The Morgan fingerprint density at radius 3 is 2.50 bits per heavy atom. The molecular weight excluding hydrogens is 124 g/mol. The molecule has 10 heavy (non-hydrogen) atoms. The maximum absolute atomic E-state index is 9.02. The third-order valence-corrected chi connectivity index (χ3v) is 1.94. The molecule has 0 saturated carbocycles. The molecule has 0 bridgehead atoms. The van der Waals surface area contributed by atoms with E-state index in [0.29, 0.717) is 5.41 Å². The number of allylic oxidation sites excluding steroid dienone is 2. The van der Waals surface area contributed by atoms with Crippen molar-refractivity contribution in [2.24, 2.45) is 5.41 Å². The van der Waals surface area contributed by atoms with E-state index in [-0.39, 0.29) is 5.76 Å². The van der Waals surface area contributed by atoms with E-state index in [1.54, 1.807) is 0 Å². The summed E-state index contributed by atoms with van der Waals surface area (Å²) in [5.41, 5.74) is 1.35. The van der Waals surface area contributed by atoms with Crippen LogP contribution >= 0.6 is 0 Å². The summed E-state index contributed by atoms with van der Waals surface area (Å²) in [6.45, 7) is 7.88. The second-order valence-electron chi connectivity index (χ2n) is 3.72. The summed E-state index contributed by atoms with van der Waals surface area (Å²) in [6, 6.07) is 0. The first-order valence-electron chi connectivity index (χ1n) is 3.58. The summed E-state index contributed by atoms with van der Waals surface area (Å²) in [6.07, 6.45) is 4.09. The van der Waals surface area contributed by atoms with Gasteiger partial charge < -0.3 is 5.11 Å². The van der Waals surface area contributed by atoms with Crippen LogP contribution < -0.4 is 0 Å². The lowest BCUT2D eigenvalue weighted by atomic mass is 9.89. The smallest absolute Gasteiger partial charge is 0.111 e. The molecule has 0 aromatic rings. The lowest BCUT2D eigenvalue weighted by Gasteiger charge is -2.16. The molecule has 1 heteroatoms. The fraction of sp³-hybridized carbons (Fsp3) is 0.556. The van der Waals surface area contributed by atoms with Crippen molar-refractivity contribution < 1.29 is 5.11 Å². The Bertz CT molecular complexity index is 187. The number of aliphatic hydroxyl groups is 1. The molecule has 0 spiro atoms. The fourth-order valence-corrected chi connectivity index (χ4v) is 1.28. The standard InChI is InChI=1S/C9H14O/c1-7(10)8-4-5-9(2,3)6-8/h4,10H,1,5-6H2,2-3H3. The third-order valence-electron chi connectivity index (χ3n) is 1.94. The van der Waals surface area contributed by atoms with Crippen molar-refractivity contribution in [2.75, 3.05) is 0 Å². The van der Waals surface area contributed by atoms with Crippen LogP contribution in [0.5, 0.6) is 0 Å². The Morgan fingerprint density at radius 1 is 1.70 bits per heavy atom. The van der Waals surface area contributed by atoms with Gasteiger partial charge in [-0.1, -0.05) is 26.5 Å². The highest BCUT2D eigenvalue weighted by atomic mass is 16.3. The van der Waals surface area contributed by atoms with E-state index in [2.05, 4.69) is 26.5 Å². The summed E-state index contributed by atoms with van der Waals surface area (Å²) in [4.78, 5) is 0. The Labute approximate surface area is 62.1 Å². The Morgan fingerprint density at radius 2 is 2.30 bits per heavy atom. The maximum atomic E-state index is 9.02. The van der Waals surface area contributed by atoms with Gasteiger partial charge in [-0.15, -0.1) is 0 Å². The molecule has 0 aliphatic heterocycles. The molecule has 1 aliphatic rings. The molecule has 0 aromatic carbocycles. The molecule has 0 heterocycles. The normalized spacial score (nSPS) is 22.4. The van der Waals surface area contributed by atoms with Crippen LogP contribution in [0, 0.1) is 5.41 Å². The van der Waals surface area contributed by atoms with E-state index in [1.807, 2.05) is 0 Å². The average molecular weight is 138 g/mol. The van der Waals surface area contributed by atoms with Gasteiger partial charge in [-0.2, -0.15) is 0 Å². The van der Waals surface area contributed by atoms with Gasteiger partial charge in [0.05, 0.1) is 0 Å². The molecule has 1 nitrogen and oxygen atoms in total. The first-order valence-corrected chi connectivity index (χ1v) is 3.58. The fourth-order valence-electron chi connectivity index (χ4n) is 1.28. The Hall–Kier alpha value is -0.720. The van der Waals surface area contributed by atoms with E-state index in [4.69, 9.17) is 5.11 Å². The van der Waals surface area contributed by atoms with Gasteiger partial charge >= 0.3 is 0 Å². The molecular formula is C9H14O. The van der Waals surface area contributed by atoms with Crippen LogP contribution in [-0.2, 0) is 0 Å². The monoisotopic (exact) mass is 138 g/mol. The first-order chi connectivity index (χ1) is 4.51. The van der Waals surface area contributed by atoms with Crippen molar-refractivity contribution in [1.29, 1.82) is 0 Å². The van der Waals surface area contributed by atoms with Crippen LogP contribution in [0.2, 0.25) is 0 Å². The first kappa shape index (κ1) is 7.39. The summed E-state index contributed by atoms with van der Waals surface area (Å²) >= 11 is 0. The topological polar surface area (TPSA) is 20.2 Å². The third kappa shape index (κ3) is 1.41. The van der Waals surface area contributed by atoms with E-state index in [0.717, 1.165) is 18.4 Å². The van der Waals surface area contributed by atoms with E-state index in [1.165, 1.54) is 0 Å². The highest BCUT2D eigenvalue weighted by molar-refractivity contribution is 5.27. The molecule has 0 saturated heterocycles. The zero-order valence-electron chi connectivity index (χ0n) is 6.65. The quantitative estimate of drug-likeness (QED) is 0.552. The predicted molar refractivity (Wildman–Crippen MR) is 42.9 cm³/mol. The van der Waals surface area contributed by atoms with Gasteiger partial charge in [0.2, 0.25) is 0 Å². The molecule has 1 N–H and O–H groups in total. The molecule has 0 radical (unpaired) electrons. The van der Waals surface area contributed by atoms with E-state index < -0.39 is 0 Å². The second-order valence-corrected chi connectivity index (χ2v) is 3.72. The van der Waals surface area contributed by atoms with Gasteiger partial charge in [0.25, 0.3) is 0 Å². The molecule has 1 aliphatic carbocycles. The SMILES string of the molecule is C=C(O)C1=CCC(C)(C)C1. The summed E-state index contributed by atoms with van der Waals surface area (Å²) in [5.74, 6) is 0.241. The summed E-state index contributed by atoms with van der Waals surface area (Å²) < 4.78 is 0. The molecule has 0 fully saturated rings. The Kier molecular flexibility index (Phi) is 1.59. The highest BCUT2D eigenvalue weighted by Crippen LogP contribution is 2.37. The van der Waals surface area contributed by atoms with E-state index >= 15 is 0 Å². The average Bonchev–Trinajstić information content (AvgIpc) is 2.10. The van der Waals surface area contributed by atoms with Crippen LogP contribution in [0.25, 0.3) is 0 Å². The molecule has 0 atom stereocenters. The molecule has 56 valence electrons. The van der Waals surface area contributed by atoms with Crippen LogP contribution in [0.15, 0.2) is 24.0 Å². The van der Waals surface area contributed by atoms with Gasteiger partial charge in [-0.3, -0.25) is 0 Å². The minimum atomic E-state index is 0.241. The van der Waals surface area contributed by atoms with Gasteiger partial charge in [-0.25, -0.2) is 0 Å². The minimum Gasteiger partial charge on any atom is -0.508 e. The highest BCUT2D eigenvalue weighted by Gasteiger charge is 2.25. The molecule has 1 rings (SSSR count). The number of hydrogen-bond donors (Lipinski definition) is 1. The van der Waals surface area contributed by atoms with Crippen molar-refractivity contribution in [2.45, 2.75) is 26.7 Å². The van der Waals surface area contributed by atoms with Crippen molar-refractivity contribution in [3.8, 4) is 0 Å². The zero-order valence-corrected chi connectivity index (χ0v) is 6.65. The number of rotatable bonds is 1. The molecule has 0 amide bonds. The second kappa shape index (κ2) is 2.15. The maximum Gasteiger partial charge on any atom is 0.111 e. The Balaban J connectivity index is 2.64. The summed E-state index contributed by atoms with van der Waals surface area (Å²) in [5, 5.41) is 9.02. The predicted octanol–water partition coefficient (Wildman–Crippen LogP) is 2.80. The largest absolute Gasteiger partial charge is 0.508 e. The van der Waals surface area contributed by atoms with Crippen LogP contribution in [0.3, 0.4) is 0 Å². The molecule has 0 aromatic heterocycles. The van der Waals surface area contributed by atoms with Crippen molar-refractivity contribution >= 4 is 0 Å². The van der Waals surface area contributed by atoms with Crippen molar-refractivity contribution in [3.05, 3.63) is 24.0 Å². The minimum absolute atomic E-state index is 0.241. The lowest BCUT2D eigenvalue weighted by Crippen LogP contribution is -2.04. The lowest BCUT2D eigenvalue weighted by molar-refractivity contribution is 0.373. The van der Waals surface area contributed by atoms with E-state index in [9.17, 15) is 0 Å². The zero-order chi connectivity index (χ0) is 7.78. The number of hydrogen-bond acceptors (Lipinski definition) is 1. The van der Waals surface area contributed by atoms with Crippen molar-refractivity contribution in [1.82, 2.24) is 0 Å². The van der Waals surface area contributed by atoms with Gasteiger partial charge in [0.15, 0.2) is 0 Å². The van der Waals surface area contributed by atoms with Crippen molar-refractivity contribution in [3.63, 3.8) is 0 Å². The number of aliphatic hydroxyl groups excluding tert-OH is 1. The van der Waals surface area contributed by atoms with Crippen LogP contribution in [0.1, 0.15) is 26.7 Å².